The van der Waals surface area contributed by atoms with Crippen molar-refractivity contribution in [2.24, 2.45) is 0 Å². The van der Waals surface area contributed by atoms with Gasteiger partial charge in [0.15, 0.2) is 0 Å². The molecule has 0 aromatic carbocycles. The van der Waals surface area contributed by atoms with Gasteiger partial charge < -0.3 is 19.9 Å². The molecule has 0 radical (unpaired) electrons. The van der Waals surface area contributed by atoms with E-state index in [2.05, 4.69) is 30.2 Å². The van der Waals surface area contributed by atoms with Crippen LogP contribution in [0.5, 0.6) is 5.88 Å². The van der Waals surface area contributed by atoms with E-state index in [0.717, 1.165) is 37.4 Å². The van der Waals surface area contributed by atoms with E-state index in [1.165, 1.54) is 0 Å². The highest BCUT2D eigenvalue weighted by atomic mass is 16.5. The highest BCUT2D eigenvalue weighted by Crippen LogP contribution is 2.34. The Morgan fingerprint density at radius 2 is 2.23 bits per heavy atom. The van der Waals surface area contributed by atoms with Gasteiger partial charge in [-0.05, 0) is 30.2 Å². The number of amides is 1. The number of nitrogens with zero attached hydrogens (tertiary/aromatic N) is 5. The molecule has 10 heteroatoms. The van der Waals surface area contributed by atoms with Crippen molar-refractivity contribution in [3.05, 3.63) is 51.7 Å². The summed E-state index contributed by atoms with van der Waals surface area (Å²) in [4.78, 5) is 35.8. The van der Waals surface area contributed by atoms with Gasteiger partial charge in [0, 0.05) is 39.4 Å². The van der Waals surface area contributed by atoms with Gasteiger partial charge in [0.2, 0.25) is 5.88 Å². The number of aromatic nitrogens is 4. The van der Waals surface area contributed by atoms with Crippen molar-refractivity contribution in [3.63, 3.8) is 0 Å². The number of carbonyl (C=O) groups excluding carboxylic acids is 1. The second-order valence-corrected chi connectivity index (χ2v) is 7.93. The van der Waals surface area contributed by atoms with Gasteiger partial charge in [0.05, 0.1) is 6.04 Å². The minimum absolute atomic E-state index is 0.125. The van der Waals surface area contributed by atoms with Crippen molar-refractivity contribution < 1.29 is 9.53 Å². The van der Waals surface area contributed by atoms with Crippen molar-refractivity contribution in [1.82, 2.24) is 29.8 Å². The molecule has 162 valence electrons. The van der Waals surface area contributed by atoms with Crippen LogP contribution < -0.4 is 20.5 Å². The van der Waals surface area contributed by atoms with Crippen LogP contribution in [0.3, 0.4) is 0 Å². The lowest BCUT2D eigenvalue weighted by Gasteiger charge is -2.45. The molecule has 0 spiro atoms. The van der Waals surface area contributed by atoms with E-state index in [1.807, 2.05) is 25.3 Å². The first-order chi connectivity index (χ1) is 15.1. The zero-order valence-electron chi connectivity index (χ0n) is 17.6. The van der Waals surface area contributed by atoms with Crippen LogP contribution in [0.25, 0.3) is 5.65 Å². The Kier molecular flexibility index (Phi) is 4.85. The summed E-state index contributed by atoms with van der Waals surface area (Å²) in [6.45, 7) is 5.82. The first kappa shape index (κ1) is 19.6. The molecule has 1 atom stereocenters. The maximum Gasteiger partial charge on any atom is 0.273 e. The van der Waals surface area contributed by atoms with Crippen LogP contribution in [0, 0.1) is 0 Å². The van der Waals surface area contributed by atoms with Crippen LogP contribution in [0.2, 0.25) is 0 Å². The number of hydrogen-bond donors (Lipinski definition) is 2. The molecule has 2 N–H and O–H groups in total. The minimum atomic E-state index is -0.222. The zero-order chi connectivity index (χ0) is 21.5. The van der Waals surface area contributed by atoms with Crippen LogP contribution in [-0.2, 0) is 13.0 Å². The van der Waals surface area contributed by atoms with E-state index in [1.54, 1.807) is 17.6 Å². The minimum Gasteiger partial charge on any atom is -0.474 e. The fourth-order valence-electron chi connectivity index (χ4n) is 4.33. The third-order valence-corrected chi connectivity index (χ3v) is 5.92. The normalized spacial score (nSPS) is 18.4. The van der Waals surface area contributed by atoms with Gasteiger partial charge in [-0.2, -0.15) is 5.10 Å². The van der Waals surface area contributed by atoms with Gasteiger partial charge in [-0.25, -0.2) is 9.50 Å². The second-order valence-electron chi connectivity index (χ2n) is 7.93. The molecule has 3 aromatic heterocycles. The van der Waals surface area contributed by atoms with Crippen molar-refractivity contribution in [2.45, 2.75) is 25.9 Å². The average molecular weight is 423 g/mol. The highest BCUT2D eigenvalue weighted by molar-refractivity contribution is 5.92. The van der Waals surface area contributed by atoms with Gasteiger partial charge >= 0.3 is 0 Å². The zero-order valence-corrected chi connectivity index (χ0v) is 17.6. The third-order valence-electron chi connectivity index (χ3n) is 5.92. The molecule has 5 rings (SSSR count). The Labute approximate surface area is 178 Å². The van der Waals surface area contributed by atoms with E-state index in [0.29, 0.717) is 35.9 Å². The number of aryl methyl sites for hydroxylation is 1. The molecule has 0 saturated carbocycles. The summed E-state index contributed by atoms with van der Waals surface area (Å²) in [6.07, 6.45) is 2.58. The summed E-state index contributed by atoms with van der Waals surface area (Å²) in [6, 6.07) is 5.86. The van der Waals surface area contributed by atoms with Crippen molar-refractivity contribution in [3.8, 4) is 5.88 Å². The van der Waals surface area contributed by atoms with E-state index in [9.17, 15) is 9.59 Å². The summed E-state index contributed by atoms with van der Waals surface area (Å²) in [7, 11) is 1.59. The molecule has 5 heterocycles. The molecular formula is C21H25N7O3. The fraction of sp³-hybridized carbons (Fsp3) is 0.429. The van der Waals surface area contributed by atoms with Crippen molar-refractivity contribution in [2.75, 3.05) is 38.2 Å². The number of pyridine rings is 1. The molecule has 0 bridgehead atoms. The number of aromatic amines is 1. The van der Waals surface area contributed by atoms with Gasteiger partial charge in [-0.15, -0.1) is 0 Å². The summed E-state index contributed by atoms with van der Waals surface area (Å²) in [5.41, 5.74) is 3.53. The number of nitrogens with one attached hydrogen (secondary N) is 2. The number of carbonyl (C=O) groups is 1. The predicted molar refractivity (Wildman–Crippen MR) is 115 cm³/mol. The summed E-state index contributed by atoms with van der Waals surface area (Å²) in [5.74, 6) is 0.298. The molecule has 3 aromatic rings. The molecule has 10 nitrogen and oxygen atoms in total. The lowest BCUT2D eigenvalue weighted by Crippen LogP contribution is -2.57. The van der Waals surface area contributed by atoms with Gasteiger partial charge in [0.25, 0.3) is 11.5 Å². The van der Waals surface area contributed by atoms with Crippen LogP contribution >= 0.6 is 0 Å². The Morgan fingerprint density at radius 3 is 3.03 bits per heavy atom. The standard InChI is InChI=1S/C21H25N7O3/c1-3-15-20(30)24-18-8-13(10-28(18)25-15)9-26-6-7-27-14(11-26)12-31-21-17(27)5-4-16(23-21)19(29)22-2/h4-5,8,10,14H,3,6-7,9,11-12H2,1-2H3,(H,22,29)(H,24,30). The molecule has 1 amide bonds. The average Bonchev–Trinajstić information content (AvgIpc) is 3.17. The van der Waals surface area contributed by atoms with Crippen LogP contribution in [-0.4, -0.2) is 69.7 Å². The fourth-order valence-corrected chi connectivity index (χ4v) is 4.33. The number of hydrogen-bond acceptors (Lipinski definition) is 7. The molecule has 1 saturated heterocycles. The van der Waals surface area contributed by atoms with Gasteiger partial charge in [-0.3, -0.25) is 14.5 Å². The largest absolute Gasteiger partial charge is 0.474 e. The number of H-pyrrole nitrogens is 1. The number of ether oxygens (including phenoxy) is 1. The monoisotopic (exact) mass is 423 g/mol. The third kappa shape index (κ3) is 3.52. The maximum absolute atomic E-state index is 12.0. The number of fused-ring (bicyclic) bond motifs is 4. The number of rotatable bonds is 4. The van der Waals surface area contributed by atoms with Gasteiger partial charge in [0.1, 0.15) is 29.3 Å². The van der Waals surface area contributed by atoms with Crippen molar-refractivity contribution >= 4 is 17.2 Å². The lowest BCUT2D eigenvalue weighted by atomic mass is 10.1. The Hall–Kier alpha value is -3.40. The summed E-state index contributed by atoms with van der Waals surface area (Å²) in [5, 5.41) is 7.00. The van der Waals surface area contributed by atoms with E-state index in [4.69, 9.17) is 4.74 Å². The van der Waals surface area contributed by atoms with Gasteiger partial charge in [-0.1, -0.05) is 6.92 Å². The molecule has 1 fully saturated rings. The quantitative estimate of drug-likeness (QED) is 0.626. The molecule has 1 unspecified atom stereocenters. The van der Waals surface area contributed by atoms with Crippen LogP contribution in [0.15, 0.2) is 29.2 Å². The topological polar surface area (TPSA) is 108 Å². The maximum atomic E-state index is 12.0. The summed E-state index contributed by atoms with van der Waals surface area (Å²) < 4.78 is 7.65. The second kappa shape index (κ2) is 7.69. The molecule has 0 aliphatic carbocycles. The van der Waals surface area contributed by atoms with E-state index in [-0.39, 0.29) is 17.5 Å². The van der Waals surface area contributed by atoms with Crippen LogP contribution in [0.1, 0.15) is 28.7 Å². The first-order valence-corrected chi connectivity index (χ1v) is 10.5. The van der Waals surface area contributed by atoms with Crippen molar-refractivity contribution in [1.29, 1.82) is 0 Å². The Balaban J connectivity index is 1.30. The highest BCUT2D eigenvalue weighted by Gasteiger charge is 2.34. The van der Waals surface area contributed by atoms with Crippen LogP contribution in [0.4, 0.5) is 5.69 Å². The SMILES string of the molecule is CCc1nn2cc(CN3CCN4c5ccc(C(=O)NC)nc5OCC4C3)cc2[nH]c1=O. The van der Waals surface area contributed by atoms with E-state index >= 15 is 0 Å². The lowest BCUT2D eigenvalue weighted by molar-refractivity contribution is 0.0956. The number of piperazine rings is 1. The Morgan fingerprint density at radius 1 is 1.35 bits per heavy atom. The smallest absolute Gasteiger partial charge is 0.273 e. The molecular weight excluding hydrogens is 398 g/mol. The number of anilines is 1. The predicted octanol–water partition coefficient (Wildman–Crippen LogP) is 0.423. The molecule has 31 heavy (non-hydrogen) atoms. The molecule has 2 aliphatic rings. The molecule has 2 aliphatic heterocycles. The van der Waals surface area contributed by atoms with E-state index < -0.39 is 0 Å². The Bertz CT molecular complexity index is 1200. The summed E-state index contributed by atoms with van der Waals surface area (Å²) >= 11 is 0. The first-order valence-electron chi connectivity index (χ1n) is 10.5.